The zero-order chi connectivity index (χ0) is 7.44. The normalized spacial score (nSPS) is 8.60. The first-order valence-corrected chi connectivity index (χ1v) is 2.55. The molecule has 0 saturated heterocycles. The number of hydrogen-bond donors (Lipinski definition) is 2. The molecular formula is C5H8O4Zr. The van der Waals surface area contributed by atoms with E-state index >= 15 is 0 Å². The molecule has 5 heteroatoms. The third-order valence-corrected chi connectivity index (χ3v) is 1.00. The molecule has 0 atom stereocenters. The minimum absolute atomic E-state index is 0. The first-order chi connectivity index (χ1) is 4.09. The predicted molar refractivity (Wildman–Crippen MR) is 29.1 cm³/mol. The first kappa shape index (κ1) is 12.5. The third kappa shape index (κ3) is 3.77. The van der Waals surface area contributed by atoms with Gasteiger partial charge in [-0.1, -0.05) is 6.92 Å². The molecule has 0 fully saturated rings. The van der Waals surface area contributed by atoms with Crippen molar-refractivity contribution in [2.24, 2.45) is 5.92 Å². The molecule has 0 aromatic heterocycles. The molecule has 0 aliphatic carbocycles. The van der Waals surface area contributed by atoms with Crippen molar-refractivity contribution in [3.63, 3.8) is 0 Å². The van der Waals surface area contributed by atoms with E-state index in [4.69, 9.17) is 10.2 Å². The van der Waals surface area contributed by atoms with Gasteiger partial charge in [0.15, 0.2) is 5.92 Å². The molecule has 0 spiro atoms. The summed E-state index contributed by atoms with van der Waals surface area (Å²) in [7, 11) is 0. The van der Waals surface area contributed by atoms with Gasteiger partial charge in [0.2, 0.25) is 0 Å². The van der Waals surface area contributed by atoms with E-state index in [1.165, 1.54) is 6.92 Å². The van der Waals surface area contributed by atoms with Gasteiger partial charge >= 0.3 is 11.9 Å². The van der Waals surface area contributed by atoms with E-state index in [1.54, 1.807) is 0 Å². The van der Waals surface area contributed by atoms with Crippen molar-refractivity contribution in [2.45, 2.75) is 13.3 Å². The Kier molecular flexibility index (Phi) is 6.99. The Bertz CT molecular complexity index is 120. The molecule has 0 saturated carbocycles. The van der Waals surface area contributed by atoms with Crippen LogP contribution in [0.15, 0.2) is 0 Å². The minimum Gasteiger partial charge on any atom is -0.481 e. The van der Waals surface area contributed by atoms with Gasteiger partial charge in [0.25, 0.3) is 0 Å². The maximum Gasteiger partial charge on any atom is 0.317 e. The van der Waals surface area contributed by atoms with Crippen LogP contribution in [0.1, 0.15) is 13.3 Å². The predicted octanol–water partition coefficient (Wildman–Crippen LogP) is 0.179. The average molecular weight is 223 g/mol. The molecule has 0 amide bonds. The molecule has 0 bridgehead atoms. The van der Waals surface area contributed by atoms with Crippen LogP contribution in [0.4, 0.5) is 0 Å². The van der Waals surface area contributed by atoms with E-state index < -0.39 is 17.9 Å². The molecule has 0 radical (unpaired) electrons. The maximum atomic E-state index is 9.99. The Labute approximate surface area is 77.4 Å². The van der Waals surface area contributed by atoms with Crippen molar-refractivity contribution >= 4 is 11.9 Å². The van der Waals surface area contributed by atoms with Gasteiger partial charge < -0.3 is 10.2 Å². The van der Waals surface area contributed by atoms with E-state index in [2.05, 4.69) is 0 Å². The summed E-state index contributed by atoms with van der Waals surface area (Å²) in [5.74, 6) is -3.79. The van der Waals surface area contributed by atoms with Crippen LogP contribution in [0.25, 0.3) is 0 Å². The molecule has 0 unspecified atom stereocenters. The van der Waals surface area contributed by atoms with E-state index in [1.807, 2.05) is 0 Å². The fourth-order valence-corrected chi connectivity index (χ4v) is 0.455. The number of aliphatic carboxylic acids is 2. The Morgan fingerprint density at radius 1 is 1.30 bits per heavy atom. The molecule has 56 valence electrons. The molecular weight excluding hydrogens is 215 g/mol. The summed E-state index contributed by atoms with van der Waals surface area (Å²) in [5, 5.41) is 16.3. The smallest absolute Gasteiger partial charge is 0.317 e. The van der Waals surface area contributed by atoms with Crippen molar-refractivity contribution in [1.82, 2.24) is 0 Å². The monoisotopic (exact) mass is 222 g/mol. The van der Waals surface area contributed by atoms with Gasteiger partial charge in [-0.2, -0.15) is 0 Å². The molecule has 0 aliphatic rings. The SMILES string of the molecule is CCC(C(=O)O)C(=O)O.[Zr]. The third-order valence-electron chi connectivity index (χ3n) is 1.00. The molecule has 4 nitrogen and oxygen atoms in total. The topological polar surface area (TPSA) is 74.6 Å². The molecule has 10 heavy (non-hydrogen) atoms. The van der Waals surface area contributed by atoms with Crippen LogP contribution >= 0.6 is 0 Å². The summed E-state index contributed by atoms with van der Waals surface area (Å²) in [5.41, 5.74) is 0. The van der Waals surface area contributed by atoms with Gasteiger partial charge in [-0.05, 0) is 6.42 Å². The Hall–Kier alpha value is -0.177. The summed E-state index contributed by atoms with van der Waals surface area (Å²) >= 11 is 0. The Morgan fingerprint density at radius 3 is 1.60 bits per heavy atom. The maximum absolute atomic E-state index is 9.99. The van der Waals surface area contributed by atoms with Gasteiger partial charge in [0, 0.05) is 26.2 Å². The van der Waals surface area contributed by atoms with E-state index in [9.17, 15) is 9.59 Å². The Morgan fingerprint density at radius 2 is 1.60 bits per heavy atom. The van der Waals surface area contributed by atoms with Gasteiger partial charge in [-0.15, -0.1) is 0 Å². The summed E-state index contributed by atoms with van der Waals surface area (Å²) in [6.45, 7) is 1.52. The van der Waals surface area contributed by atoms with Crippen LogP contribution in [-0.2, 0) is 35.8 Å². The van der Waals surface area contributed by atoms with Crippen molar-refractivity contribution in [3.8, 4) is 0 Å². The number of hydrogen-bond acceptors (Lipinski definition) is 2. The van der Waals surface area contributed by atoms with Crippen molar-refractivity contribution in [3.05, 3.63) is 0 Å². The van der Waals surface area contributed by atoms with Crippen LogP contribution in [0.2, 0.25) is 0 Å². The van der Waals surface area contributed by atoms with Crippen LogP contribution in [0.3, 0.4) is 0 Å². The van der Waals surface area contributed by atoms with E-state index in [0.717, 1.165) is 0 Å². The van der Waals surface area contributed by atoms with Gasteiger partial charge in [0.1, 0.15) is 0 Å². The number of carbonyl (C=O) groups is 2. The molecule has 0 aromatic carbocycles. The average Bonchev–Trinajstić information content (AvgIpc) is 1.64. The van der Waals surface area contributed by atoms with Gasteiger partial charge in [-0.3, -0.25) is 9.59 Å². The van der Waals surface area contributed by atoms with E-state index in [0.29, 0.717) is 0 Å². The fraction of sp³-hybridized carbons (Fsp3) is 0.600. The zero-order valence-corrected chi connectivity index (χ0v) is 7.95. The summed E-state index contributed by atoms with van der Waals surface area (Å²) in [6.07, 6.45) is 0.130. The van der Waals surface area contributed by atoms with Crippen LogP contribution in [-0.4, -0.2) is 22.2 Å². The summed E-state index contributed by atoms with van der Waals surface area (Å²) in [4.78, 5) is 20.0. The summed E-state index contributed by atoms with van der Waals surface area (Å²) in [6, 6.07) is 0. The second-order valence-electron chi connectivity index (χ2n) is 1.64. The second kappa shape index (κ2) is 5.60. The van der Waals surface area contributed by atoms with Crippen LogP contribution in [0, 0.1) is 5.92 Å². The minimum atomic E-state index is -1.27. The van der Waals surface area contributed by atoms with Crippen LogP contribution in [0.5, 0.6) is 0 Å². The van der Waals surface area contributed by atoms with Gasteiger partial charge in [-0.25, -0.2) is 0 Å². The standard InChI is InChI=1S/C5H8O4.Zr/c1-2-3(4(6)7)5(8)9;/h3H,2H2,1H3,(H,6,7)(H,8,9);. The van der Waals surface area contributed by atoms with Crippen molar-refractivity contribution < 1.29 is 46.0 Å². The van der Waals surface area contributed by atoms with Crippen molar-refractivity contribution in [2.75, 3.05) is 0 Å². The molecule has 0 heterocycles. The number of rotatable bonds is 3. The fourth-order valence-electron chi connectivity index (χ4n) is 0.455. The number of carboxylic acid groups (broad SMARTS) is 2. The zero-order valence-electron chi connectivity index (χ0n) is 5.50. The van der Waals surface area contributed by atoms with Crippen LogP contribution < -0.4 is 0 Å². The molecule has 0 rings (SSSR count). The van der Waals surface area contributed by atoms with Gasteiger partial charge in [0.05, 0.1) is 0 Å². The Balaban J connectivity index is 0. The second-order valence-corrected chi connectivity index (χ2v) is 1.64. The quantitative estimate of drug-likeness (QED) is 0.669. The molecule has 2 N–H and O–H groups in total. The van der Waals surface area contributed by atoms with Crippen molar-refractivity contribution in [1.29, 1.82) is 0 Å². The molecule has 0 aliphatic heterocycles. The van der Waals surface area contributed by atoms with E-state index in [-0.39, 0.29) is 32.6 Å². The summed E-state index contributed by atoms with van der Waals surface area (Å²) < 4.78 is 0. The number of carboxylic acids is 2. The molecule has 0 aromatic rings. The first-order valence-electron chi connectivity index (χ1n) is 2.55. The largest absolute Gasteiger partial charge is 0.481 e.